The summed E-state index contributed by atoms with van der Waals surface area (Å²) in [4.78, 5) is 0. The molecule has 0 spiro atoms. The van der Waals surface area contributed by atoms with E-state index >= 15 is 0 Å². The van der Waals surface area contributed by atoms with Crippen molar-refractivity contribution >= 4 is 0 Å². The lowest BCUT2D eigenvalue weighted by Crippen LogP contribution is -2.22. The highest BCUT2D eigenvalue weighted by Gasteiger charge is 1.95. The van der Waals surface area contributed by atoms with Gasteiger partial charge in [0.05, 0.1) is 0 Å². The first-order valence-electron chi connectivity index (χ1n) is 2.97. The lowest BCUT2D eigenvalue weighted by Gasteiger charge is -2.08. The summed E-state index contributed by atoms with van der Waals surface area (Å²) in [5, 5.41) is 0. The normalized spacial score (nSPS) is 13.9. The standard InChI is InChI=1S/C6H14NO/c1-3-5-6(7)8-4-2/h6H,1,3-5,7H2,2H3. The van der Waals surface area contributed by atoms with Crippen molar-refractivity contribution in [2.75, 3.05) is 6.61 Å². The summed E-state index contributed by atoms with van der Waals surface area (Å²) in [6.07, 6.45) is 1.60. The molecule has 2 N–H and O–H groups in total. The maximum Gasteiger partial charge on any atom is 0.105 e. The second-order valence-electron chi connectivity index (χ2n) is 1.64. The topological polar surface area (TPSA) is 35.2 Å². The van der Waals surface area contributed by atoms with Crippen LogP contribution in [-0.4, -0.2) is 12.8 Å². The third-order valence-electron chi connectivity index (χ3n) is 0.869. The van der Waals surface area contributed by atoms with Crippen molar-refractivity contribution in [1.29, 1.82) is 0 Å². The summed E-state index contributed by atoms with van der Waals surface area (Å²) in [6.45, 7) is 6.28. The highest BCUT2D eigenvalue weighted by Crippen LogP contribution is 1.92. The molecule has 49 valence electrons. The Morgan fingerprint density at radius 1 is 1.75 bits per heavy atom. The lowest BCUT2D eigenvalue weighted by atomic mass is 10.3. The van der Waals surface area contributed by atoms with Gasteiger partial charge in [0.2, 0.25) is 0 Å². The number of hydrogen-bond acceptors (Lipinski definition) is 2. The van der Waals surface area contributed by atoms with Gasteiger partial charge in [-0.25, -0.2) is 0 Å². The third-order valence-corrected chi connectivity index (χ3v) is 0.869. The first kappa shape index (κ1) is 7.92. The fraction of sp³-hybridized carbons (Fsp3) is 0.833. The predicted octanol–water partition coefficient (Wildman–Crippen LogP) is 0.922. The molecule has 2 nitrogen and oxygen atoms in total. The fourth-order valence-corrected chi connectivity index (χ4v) is 0.499. The van der Waals surface area contributed by atoms with Gasteiger partial charge in [0, 0.05) is 6.61 Å². The number of nitrogens with two attached hydrogens (primary N) is 1. The molecule has 0 aliphatic heterocycles. The van der Waals surface area contributed by atoms with Crippen molar-refractivity contribution in [3.63, 3.8) is 0 Å². The van der Waals surface area contributed by atoms with Crippen LogP contribution in [0.3, 0.4) is 0 Å². The van der Waals surface area contributed by atoms with Crippen molar-refractivity contribution in [2.24, 2.45) is 5.73 Å². The molecule has 0 saturated heterocycles. The molecule has 1 radical (unpaired) electrons. The summed E-state index contributed by atoms with van der Waals surface area (Å²) in [7, 11) is 0. The summed E-state index contributed by atoms with van der Waals surface area (Å²) in [6, 6.07) is 0. The van der Waals surface area contributed by atoms with E-state index in [1.165, 1.54) is 0 Å². The van der Waals surface area contributed by atoms with Gasteiger partial charge in [-0.3, -0.25) is 0 Å². The molecular weight excluding hydrogens is 102 g/mol. The van der Waals surface area contributed by atoms with Gasteiger partial charge in [-0.1, -0.05) is 6.92 Å². The van der Waals surface area contributed by atoms with Crippen molar-refractivity contribution in [3.8, 4) is 0 Å². The average Bonchev–Trinajstić information content (AvgIpc) is 1.68. The maximum absolute atomic E-state index is 5.43. The molecule has 0 bridgehead atoms. The van der Waals surface area contributed by atoms with Gasteiger partial charge in [0.25, 0.3) is 0 Å². The van der Waals surface area contributed by atoms with Crippen LogP contribution in [0.15, 0.2) is 0 Å². The van der Waals surface area contributed by atoms with Crippen LogP contribution in [0.4, 0.5) is 0 Å². The number of hydrogen-bond donors (Lipinski definition) is 1. The van der Waals surface area contributed by atoms with Crippen LogP contribution in [0.25, 0.3) is 0 Å². The van der Waals surface area contributed by atoms with E-state index < -0.39 is 0 Å². The third kappa shape index (κ3) is 4.09. The van der Waals surface area contributed by atoms with Gasteiger partial charge in [-0.05, 0) is 19.8 Å². The molecule has 8 heavy (non-hydrogen) atoms. The van der Waals surface area contributed by atoms with Crippen molar-refractivity contribution in [3.05, 3.63) is 6.92 Å². The van der Waals surface area contributed by atoms with Crippen LogP contribution in [0.2, 0.25) is 0 Å². The largest absolute Gasteiger partial charge is 0.364 e. The maximum atomic E-state index is 5.43. The SMILES string of the molecule is [CH2]CCC(N)OCC. The van der Waals surface area contributed by atoms with Crippen LogP contribution < -0.4 is 5.73 Å². The highest BCUT2D eigenvalue weighted by molar-refractivity contribution is 4.48. The van der Waals surface area contributed by atoms with E-state index in [9.17, 15) is 0 Å². The van der Waals surface area contributed by atoms with E-state index in [4.69, 9.17) is 10.5 Å². The summed E-state index contributed by atoms with van der Waals surface area (Å²) < 4.78 is 5.02. The molecule has 0 fully saturated rings. The minimum absolute atomic E-state index is 0.0995. The number of ether oxygens (including phenoxy) is 1. The van der Waals surface area contributed by atoms with E-state index in [1.807, 2.05) is 6.92 Å². The van der Waals surface area contributed by atoms with Crippen molar-refractivity contribution in [2.45, 2.75) is 26.0 Å². The molecule has 0 aliphatic carbocycles. The molecule has 0 aromatic rings. The molecule has 2 heteroatoms. The first-order chi connectivity index (χ1) is 3.81. The van der Waals surface area contributed by atoms with Crippen LogP contribution in [0, 0.1) is 6.92 Å². The summed E-state index contributed by atoms with van der Waals surface area (Å²) in [5.74, 6) is 0. The van der Waals surface area contributed by atoms with Crippen LogP contribution in [0.5, 0.6) is 0 Å². The molecule has 0 rings (SSSR count). The molecule has 1 unspecified atom stereocenters. The van der Waals surface area contributed by atoms with Gasteiger partial charge in [-0.15, -0.1) is 0 Å². The minimum atomic E-state index is -0.0995. The Hall–Kier alpha value is -0.0800. The van der Waals surface area contributed by atoms with E-state index in [0.29, 0.717) is 6.61 Å². The molecular formula is C6H14NO. The number of rotatable bonds is 4. The Kier molecular flexibility index (Phi) is 5.01. The van der Waals surface area contributed by atoms with E-state index in [-0.39, 0.29) is 6.23 Å². The van der Waals surface area contributed by atoms with E-state index in [0.717, 1.165) is 12.8 Å². The second-order valence-corrected chi connectivity index (χ2v) is 1.64. The van der Waals surface area contributed by atoms with Crippen molar-refractivity contribution < 1.29 is 4.74 Å². The Bertz CT molecular complexity index is 41.8. The van der Waals surface area contributed by atoms with Gasteiger partial charge >= 0.3 is 0 Å². The molecule has 0 aromatic carbocycles. The monoisotopic (exact) mass is 116 g/mol. The van der Waals surface area contributed by atoms with Gasteiger partial charge in [0.15, 0.2) is 0 Å². The zero-order chi connectivity index (χ0) is 6.41. The van der Waals surface area contributed by atoms with Gasteiger partial charge < -0.3 is 10.5 Å². The minimum Gasteiger partial charge on any atom is -0.364 e. The summed E-state index contributed by atoms with van der Waals surface area (Å²) in [5.41, 5.74) is 5.43. The molecule has 0 heterocycles. The van der Waals surface area contributed by atoms with E-state index in [1.54, 1.807) is 0 Å². The van der Waals surface area contributed by atoms with E-state index in [2.05, 4.69) is 6.92 Å². The highest BCUT2D eigenvalue weighted by atomic mass is 16.5. The Labute approximate surface area is 51.0 Å². The first-order valence-corrected chi connectivity index (χ1v) is 2.97. The smallest absolute Gasteiger partial charge is 0.105 e. The fourth-order valence-electron chi connectivity index (χ4n) is 0.499. The molecule has 0 aliphatic rings. The predicted molar refractivity (Wildman–Crippen MR) is 34.2 cm³/mol. The molecule has 0 aromatic heterocycles. The average molecular weight is 116 g/mol. The van der Waals surface area contributed by atoms with Gasteiger partial charge in [-0.2, -0.15) is 0 Å². The lowest BCUT2D eigenvalue weighted by molar-refractivity contribution is 0.0623. The Balaban J connectivity index is 2.92. The summed E-state index contributed by atoms with van der Waals surface area (Å²) >= 11 is 0. The van der Waals surface area contributed by atoms with Crippen LogP contribution >= 0.6 is 0 Å². The zero-order valence-corrected chi connectivity index (χ0v) is 5.39. The van der Waals surface area contributed by atoms with Crippen LogP contribution in [-0.2, 0) is 4.74 Å². The molecule has 1 atom stereocenters. The van der Waals surface area contributed by atoms with Gasteiger partial charge in [0.1, 0.15) is 6.23 Å². The second kappa shape index (κ2) is 5.06. The Morgan fingerprint density at radius 3 is 2.75 bits per heavy atom. The zero-order valence-electron chi connectivity index (χ0n) is 5.39. The van der Waals surface area contributed by atoms with Crippen molar-refractivity contribution in [1.82, 2.24) is 0 Å². The molecule has 0 amide bonds. The molecule has 0 saturated carbocycles. The van der Waals surface area contributed by atoms with Crippen LogP contribution in [0.1, 0.15) is 19.8 Å². The quantitative estimate of drug-likeness (QED) is 0.554. The Morgan fingerprint density at radius 2 is 2.38 bits per heavy atom.